The highest BCUT2D eigenvalue weighted by Gasteiger charge is 2.35. The van der Waals surface area contributed by atoms with Gasteiger partial charge in [-0.2, -0.15) is 4.31 Å². The molecular weight excluding hydrogens is 450 g/mol. The second kappa shape index (κ2) is 9.78. The van der Waals surface area contributed by atoms with Gasteiger partial charge in [0.05, 0.1) is 24.8 Å². The summed E-state index contributed by atoms with van der Waals surface area (Å²) in [4.78, 5) is 16.9. The maximum Gasteiger partial charge on any atom is 0.258 e. The topological polar surface area (TPSA) is 90.4 Å². The van der Waals surface area contributed by atoms with Gasteiger partial charge < -0.3 is 19.6 Å². The molecule has 0 aliphatic carbocycles. The fourth-order valence-electron chi connectivity index (χ4n) is 3.62. The van der Waals surface area contributed by atoms with E-state index in [1.54, 1.807) is 48.5 Å². The van der Waals surface area contributed by atoms with E-state index in [1.807, 2.05) is 32.0 Å². The fraction of sp³-hybridized carbons (Fsp3) is 0.500. The average molecular weight is 482 g/mol. The van der Waals surface area contributed by atoms with Crippen molar-refractivity contribution in [3.05, 3.63) is 41.3 Å². The van der Waals surface area contributed by atoms with Crippen molar-refractivity contribution in [3.8, 4) is 5.75 Å². The number of anilines is 1. The molecule has 8 nitrogen and oxygen atoms in total. The molecule has 1 aliphatic rings. The molecule has 2 aromatic rings. The van der Waals surface area contributed by atoms with Gasteiger partial charge in [-0.3, -0.25) is 4.79 Å². The molecule has 10 heteroatoms. The molecule has 0 saturated carbocycles. The summed E-state index contributed by atoms with van der Waals surface area (Å²) in [5.74, 6) is 0.0277. The van der Waals surface area contributed by atoms with Crippen LogP contribution in [0.3, 0.4) is 0 Å². The third kappa shape index (κ3) is 4.93. The number of likely N-dealkylation sites (N-methyl/N-ethyl adjacent to an activating group) is 1. The van der Waals surface area contributed by atoms with Gasteiger partial charge in [0.25, 0.3) is 15.9 Å². The van der Waals surface area contributed by atoms with Gasteiger partial charge >= 0.3 is 0 Å². The molecule has 1 aromatic heterocycles. The molecule has 0 saturated heterocycles. The van der Waals surface area contributed by atoms with Crippen LogP contribution in [0.25, 0.3) is 0 Å². The molecule has 0 radical (unpaired) electrons. The number of amides is 1. The molecule has 0 spiro atoms. The van der Waals surface area contributed by atoms with Crippen molar-refractivity contribution in [1.29, 1.82) is 0 Å². The first kappa shape index (κ1) is 24.5. The van der Waals surface area contributed by atoms with Crippen molar-refractivity contribution in [3.63, 3.8) is 0 Å². The van der Waals surface area contributed by atoms with Gasteiger partial charge in [0, 0.05) is 39.3 Å². The number of sulfonamides is 1. The zero-order valence-electron chi connectivity index (χ0n) is 19.1. The highest BCUT2D eigenvalue weighted by Crippen LogP contribution is 2.32. The predicted octanol–water partition coefficient (Wildman–Crippen LogP) is 2.35. The normalized spacial score (nSPS) is 20.3. The van der Waals surface area contributed by atoms with E-state index in [0.717, 1.165) is 5.69 Å². The molecule has 0 bridgehead atoms. The van der Waals surface area contributed by atoms with E-state index in [-0.39, 0.29) is 35.2 Å². The van der Waals surface area contributed by atoms with Gasteiger partial charge in [0.1, 0.15) is 16.1 Å². The van der Waals surface area contributed by atoms with E-state index in [4.69, 9.17) is 4.74 Å². The van der Waals surface area contributed by atoms with Gasteiger partial charge in [-0.15, -0.1) is 11.3 Å². The molecule has 3 rings (SSSR count). The van der Waals surface area contributed by atoms with Crippen molar-refractivity contribution in [1.82, 2.24) is 9.21 Å². The molecular formula is C22H31N3O5S2. The monoisotopic (exact) mass is 481 g/mol. The lowest BCUT2D eigenvalue weighted by atomic mass is 9.99. The number of carbonyl (C=O) groups excluding carboxylic acids is 1. The number of hydrogen-bond donors (Lipinski definition) is 1. The van der Waals surface area contributed by atoms with Crippen LogP contribution in [-0.2, 0) is 10.0 Å². The smallest absolute Gasteiger partial charge is 0.258 e. The van der Waals surface area contributed by atoms with Crippen molar-refractivity contribution in [2.75, 3.05) is 45.7 Å². The van der Waals surface area contributed by atoms with E-state index < -0.39 is 16.1 Å². The molecule has 1 N–H and O–H groups in total. The quantitative estimate of drug-likeness (QED) is 0.653. The van der Waals surface area contributed by atoms with Crippen LogP contribution in [-0.4, -0.2) is 81.6 Å². The van der Waals surface area contributed by atoms with Gasteiger partial charge in [0.2, 0.25) is 0 Å². The van der Waals surface area contributed by atoms with Gasteiger partial charge in [-0.1, -0.05) is 13.0 Å². The Labute approximate surface area is 194 Å². The number of nitrogens with zero attached hydrogens (tertiary/aromatic N) is 3. The van der Waals surface area contributed by atoms with Crippen LogP contribution < -0.4 is 9.64 Å². The summed E-state index contributed by atoms with van der Waals surface area (Å²) in [6.45, 7) is 4.03. The zero-order valence-corrected chi connectivity index (χ0v) is 20.7. The Kier molecular flexibility index (Phi) is 7.49. The van der Waals surface area contributed by atoms with Crippen LogP contribution in [0.4, 0.5) is 5.69 Å². The Morgan fingerprint density at radius 1 is 1.28 bits per heavy atom. The number of carbonyl (C=O) groups is 1. The minimum atomic E-state index is -3.64. The summed E-state index contributed by atoms with van der Waals surface area (Å²) in [6.07, 6.45) is -0.486. The number of aliphatic hydroxyl groups excluding tert-OH is 1. The molecule has 176 valence electrons. The number of ether oxygens (including phenoxy) is 1. The summed E-state index contributed by atoms with van der Waals surface area (Å²) in [6, 6.07) is 8.30. The standard InChI is InChI=1S/C22H31N3O5S2/c1-15-12-25(16(2)14-26)22(27)18-11-17(23(3)4)8-9-19(18)30-20(15)13-24(5)32(28,29)21-7-6-10-31-21/h6-11,15-16,20,26H,12-14H2,1-5H3/t15-,16+,20+/m0/s1. The van der Waals surface area contributed by atoms with E-state index >= 15 is 0 Å². The predicted molar refractivity (Wildman–Crippen MR) is 126 cm³/mol. The minimum absolute atomic E-state index is 0.131. The molecule has 0 fully saturated rings. The fourth-order valence-corrected chi connectivity index (χ4v) is 6.01. The highest BCUT2D eigenvalue weighted by molar-refractivity contribution is 7.91. The van der Waals surface area contributed by atoms with Crippen LogP contribution in [0, 0.1) is 5.92 Å². The SMILES string of the molecule is C[C@H](CO)N1C[C@H](C)[C@@H](CN(C)S(=O)(=O)c2cccs2)Oc2ccc(N(C)C)cc2C1=O. The van der Waals surface area contributed by atoms with Crippen LogP contribution in [0.5, 0.6) is 5.75 Å². The summed E-state index contributed by atoms with van der Waals surface area (Å²) < 4.78 is 33.7. The van der Waals surface area contributed by atoms with Crippen molar-refractivity contribution < 1.29 is 23.1 Å². The maximum atomic E-state index is 13.4. The Balaban J connectivity index is 1.98. The van der Waals surface area contributed by atoms with Crippen LogP contribution in [0.1, 0.15) is 24.2 Å². The molecule has 1 aliphatic heterocycles. The number of fused-ring (bicyclic) bond motifs is 1. The number of benzene rings is 1. The Hall–Kier alpha value is -2.14. The third-order valence-corrected chi connectivity index (χ3v) is 8.96. The number of rotatable bonds is 7. The second-order valence-corrected chi connectivity index (χ2v) is 11.6. The lowest BCUT2D eigenvalue weighted by Gasteiger charge is -2.38. The maximum absolute atomic E-state index is 13.4. The third-order valence-electron chi connectivity index (χ3n) is 5.76. The highest BCUT2D eigenvalue weighted by atomic mass is 32.2. The number of aliphatic hydroxyl groups is 1. The summed E-state index contributed by atoms with van der Waals surface area (Å²) in [5, 5.41) is 11.5. The molecule has 32 heavy (non-hydrogen) atoms. The lowest BCUT2D eigenvalue weighted by molar-refractivity contribution is 0.0387. The van der Waals surface area contributed by atoms with Crippen molar-refractivity contribution in [2.24, 2.45) is 5.92 Å². The number of hydrogen-bond acceptors (Lipinski definition) is 7. The van der Waals surface area contributed by atoms with Crippen LogP contribution in [0.15, 0.2) is 39.9 Å². The Morgan fingerprint density at radius 2 is 2.00 bits per heavy atom. The van der Waals surface area contributed by atoms with Gasteiger partial charge in [-0.05, 0) is 36.6 Å². The summed E-state index contributed by atoms with van der Waals surface area (Å²) >= 11 is 1.17. The molecule has 3 atom stereocenters. The van der Waals surface area contributed by atoms with E-state index in [1.165, 1.54) is 15.6 Å². The number of thiophene rings is 1. The Bertz CT molecular complexity index is 1040. The first-order valence-corrected chi connectivity index (χ1v) is 12.8. The van der Waals surface area contributed by atoms with Crippen molar-refractivity contribution in [2.45, 2.75) is 30.2 Å². The average Bonchev–Trinajstić information content (AvgIpc) is 3.31. The van der Waals surface area contributed by atoms with Crippen molar-refractivity contribution >= 4 is 33.0 Å². The zero-order chi connectivity index (χ0) is 23.6. The van der Waals surface area contributed by atoms with Gasteiger partial charge in [-0.25, -0.2) is 8.42 Å². The largest absolute Gasteiger partial charge is 0.488 e. The van der Waals surface area contributed by atoms with Crippen LogP contribution >= 0.6 is 11.3 Å². The first-order valence-electron chi connectivity index (χ1n) is 10.5. The first-order chi connectivity index (χ1) is 15.1. The van der Waals surface area contributed by atoms with Gasteiger partial charge in [0.15, 0.2) is 0 Å². The summed E-state index contributed by atoms with van der Waals surface area (Å²) in [7, 11) is 1.68. The summed E-state index contributed by atoms with van der Waals surface area (Å²) in [5.41, 5.74) is 1.25. The molecule has 1 amide bonds. The second-order valence-electron chi connectivity index (χ2n) is 8.42. The minimum Gasteiger partial charge on any atom is -0.488 e. The molecule has 2 heterocycles. The van der Waals surface area contributed by atoms with E-state index in [2.05, 4.69) is 0 Å². The molecule has 0 unspecified atom stereocenters. The van der Waals surface area contributed by atoms with E-state index in [0.29, 0.717) is 17.9 Å². The Morgan fingerprint density at radius 3 is 2.59 bits per heavy atom. The molecule has 1 aromatic carbocycles. The van der Waals surface area contributed by atoms with Crippen LogP contribution in [0.2, 0.25) is 0 Å². The van der Waals surface area contributed by atoms with E-state index in [9.17, 15) is 18.3 Å². The lowest BCUT2D eigenvalue weighted by Crippen LogP contribution is -2.50.